The molecule has 2 aromatic rings. The lowest BCUT2D eigenvalue weighted by Gasteiger charge is -2.18. The highest BCUT2D eigenvalue weighted by atomic mass is 79.9. The molecule has 0 fully saturated rings. The van der Waals surface area contributed by atoms with E-state index in [4.69, 9.17) is 0 Å². The van der Waals surface area contributed by atoms with Crippen LogP contribution in [0.5, 0.6) is 0 Å². The van der Waals surface area contributed by atoms with Gasteiger partial charge in [-0.15, -0.1) is 10.2 Å². The third kappa shape index (κ3) is 3.66. The van der Waals surface area contributed by atoms with Gasteiger partial charge in [0.1, 0.15) is 11.6 Å². The lowest BCUT2D eigenvalue weighted by atomic mass is 9.90. The Bertz CT molecular complexity index is 526. The summed E-state index contributed by atoms with van der Waals surface area (Å²) >= 11 is 3.49. The Morgan fingerprint density at radius 1 is 1.05 bits per heavy atom. The van der Waals surface area contributed by atoms with E-state index in [-0.39, 0.29) is 0 Å². The van der Waals surface area contributed by atoms with Crippen LogP contribution in [-0.4, -0.2) is 14.8 Å². The van der Waals surface area contributed by atoms with Gasteiger partial charge in [0.15, 0.2) is 0 Å². The first kappa shape index (κ1) is 14.3. The highest BCUT2D eigenvalue weighted by Crippen LogP contribution is 2.23. The molecule has 0 unspecified atom stereocenters. The van der Waals surface area contributed by atoms with E-state index in [0.29, 0.717) is 10.7 Å². The van der Waals surface area contributed by atoms with Crippen LogP contribution in [0.2, 0.25) is 0 Å². The number of halogens is 1. The van der Waals surface area contributed by atoms with Crippen molar-refractivity contribution in [2.24, 2.45) is 5.41 Å². The molecule has 0 radical (unpaired) electrons. The fourth-order valence-corrected chi connectivity index (χ4v) is 2.33. The van der Waals surface area contributed by atoms with Gasteiger partial charge in [0.2, 0.25) is 0 Å². The van der Waals surface area contributed by atoms with E-state index in [9.17, 15) is 0 Å². The molecule has 0 saturated heterocycles. The predicted molar refractivity (Wildman–Crippen MR) is 81.8 cm³/mol. The number of aryl methyl sites for hydroxylation is 1. The highest BCUT2D eigenvalue weighted by molar-refractivity contribution is 9.08. The van der Waals surface area contributed by atoms with E-state index in [0.717, 1.165) is 30.2 Å². The van der Waals surface area contributed by atoms with E-state index in [1.54, 1.807) is 0 Å². The van der Waals surface area contributed by atoms with Crippen LogP contribution in [0.15, 0.2) is 30.3 Å². The third-order valence-corrected chi connectivity index (χ3v) is 3.53. The molecular weight excluding hydrogens is 302 g/mol. The molecule has 4 heteroatoms. The van der Waals surface area contributed by atoms with Crippen LogP contribution in [0, 0.1) is 5.41 Å². The van der Waals surface area contributed by atoms with Gasteiger partial charge in [-0.3, -0.25) is 4.57 Å². The smallest absolute Gasteiger partial charge is 0.148 e. The lowest BCUT2D eigenvalue weighted by molar-refractivity contribution is 0.373. The van der Waals surface area contributed by atoms with Crippen molar-refractivity contribution in [1.29, 1.82) is 0 Å². The normalized spacial score (nSPS) is 11.8. The second kappa shape index (κ2) is 5.87. The monoisotopic (exact) mass is 321 g/mol. The highest BCUT2D eigenvalue weighted by Gasteiger charge is 2.16. The second-order valence-electron chi connectivity index (χ2n) is 5.90. The third-order valence-electron chi connectivity index (χ3n) is 3.03. The van der Waals surface area contributed by atoms with Gasteiger partial charge in [0.05, 0.1) is 5.33 Å². The van der Waals surface area contributed by atoms with Gasteiger partial charge in [-0.1, -0.05) is 54.9 Å². The van der Waals surface area contributed by atoms with Gasteiger partial charge in [0, 0.05) is 12.1 Å². The van der Waals surface area contributed by atoms with Crippen LogP contribution in [0.3, 0.4) is 0 Å². The molecule has 0 bridgehead atoms. The maximum Gasteiger partial charge on any atom is 0.148 e. The largest absolute Gasteiger partial charge is 0.282 e. The van der Waals surface area contributed by atoms with Crippen molar-refractivity contribution < 1.29 is 0 Å². The standard InChI is InChI=1S/C15H20BrN3/c1-15(2,3)10-9-13-17-18-14(11-16)19(13)12-7-5-4-6-8-12/h4-8H,9-11H2,1-3H3. The Kier molecular flexibility index (Phi) is 4.40. The van der Waals surface area contributed by atoms with Crippen LogP contribution in [-0.2, 0) is 11.8 Å². The first-order chi connectivity index (χ1) is 9.01. The minimum atomic E-state index is 0.308. The summed E-state index contributed by atoms with van der Waals surface area (Å²) in [4.78, 5) is 0. The molecule has 0 spiro atoms. The van der Waals surface area contributed by atoms with E-state index in [2.05, 4.69) is 63.6 Å². The fraction of sp³-hybridized carbons (Fsp3) is 0.467. The molecular formula is C15H20BrN3. The average Bonchev–Trinajstić information content (AvgIpc) is 2.79. The molecule has 0 aliphatic rings. The Labute approximate surface area is 123 Å². The van der Waals surface area contributed by atoms with Crippen molar-refractivity contribution in [3.63, 3.8) is 0 Å². The summed E-state index contributed by atoms with van der Waals surface area (Å²) in [5, 5.41) is 9.34. The van der Waals surface area contributed by atoms with Gasteiger partial charge in [-0.05, 0) is 24.0 Å². The van der Waals surface area contributed by atoms with Crippen LogP contribution in [0.4, 0.5) is 0 Å². The molecule has 102 valence electrons. The van der Waals surface area contributed by atoms with Gasteiger partial charge in [0.25, 0.3) is 0 Å². The van der Waals surface area contributed by atoms with Crippen LogP contribution >= 0.6 is 15.9 Å². The van der Waals surface area contributed by atoms with Crippen molar-refractivity contribution in [1.82, 2.24) is 14.8 Å². The van der Waals surface area contributed by atoms with E-state index < -0.39 is 0 Å². The van der Waals surface area contributed by atoms with Gasteiger partial charge < -0.3 is 0 Å². The number of hydrogen-bond acceptors (Lipinski definition) is 2. The van der Waals surface area contributed by atoms with E-state index >= 15 is 0 Å². The Balaban J connectivity index is 2.33. The molecule has 0 aliphatic carbocycles. The predicted octanol–water partition coefficient (Wildman–Crippen LogP) is 4.14. The van der Waals surface area contributed by atoms with Gasteiger partial charge >= 0.3 is 0 Å². The van der Waals surface area contributed by atoms with E-state index in [1.165, 1.54) is 0 Å². The Morgan fingerprint density at radius 2 is 1.68 bits per heavy atom. The summed E-state index contributed by atoms with van der Waals surface area (Å²) in [5.41, 5.74) is 1.44. The first-order valence-electron chi connectivity index (χ1n) is 6.56. The van der Waals surface area contributed by atoms with E-state index in [1.807, 2.05) is 18.2 Å². The molecule has 3 nitrogen and oxygen atoms in total. The molecule has 19 heavy (non-hydrogen) atoms. The number of hydrogen-bond donors (Lipinski definition) is 0. The summed E-state index contributed by atoms with van der Waals surface area (Å²) in [6.07, 6.45) is 2.04. The molecule has 0 atom stereocenters. The summed E-state index contributed by atoms with van der Waals surface area (Å²) < 4.78 is 2.15. The lowest BCUT2D eigenvalue weighted by Crippen LogP contribution is -2.10. The average molecular weight is 322 g/mol. The molecule has 0 amide bonds. The topological polar surface area (TPSA) is 30.7 Å². The molecule has 0 N–H and O–H groups in total. The van der Waals surface area contributed by atoms with Crippen LogP contribution < -0.4 is 0 Å². The Morgan fingerprint density at radius 3 is 2.26 bits per heavy atom. The molecule has 0 aliphatic heterocycles. The SMILES string of the molecule is CC(C)(C)CCc1nnc(CBr)n1-c1ccccc1. The number of rotatable bonds is 4. The zero-order chi connectivity index (χ0) is 13.9. The molecule has 1 heterocycles. The first-order valence-corrected chi connectivity index (χ1v) is 7.68. The Hall–Kier alpha value is -1.16. The van der Waals surface area contributed by atoms with Crippen molar-refractivity contribution in [2.75, 3.05) is 0 Å². The van der Waals surface area contributed by atoms with Crippen molar-refractivity contribution in [3.8, 4) is 5.69 Å². The number of alkyl halides is 1. The second-order valence-corrected chi connectivity index (χ2v) is 6.46. The number of para-hydroxylation sites is 1. The van der Waals surface area contributed by atoms with Gasteiger partial charge in [-0.25, -0.2) is 0 Å². The molecule has 1 aromatic carbocycles. The number of nitrogens with zero attached hydrogens (tertiary/aromatic N) is 3. The maximum atomic E-state index is 4.35. The summed E-state index contributed by atoms with van der Waals surface area (Å²) in [5.74, 6) is 1.99. The van der Waals surface area contributed by atoms with Crippen molar-refractivity contribution in [2.45, 2.75) is 38.9 Å². The molecule has 1 aromatic heterocycles. The number of benzene rings is 1. The summed E-state index contributed by atoms with van der Waals surface area (Å²) in [7, 11) is 0. The minimum absolute atomic E-state index is 0.308. The molecule has 0 saturated carbocycles. The minimum Gasteiger partial charge on any atom is -0.282 e. The summed E-state index contributed by atoms with van der Waals surface area (Å²) in [6.45, 7) is 6.75. The van der Waals surface area contributed by atoms with Gasteiger partial charge in [-0.2, -0.15) is 0 Å². The maximum absolute atomic E-state index is 4.35. The van der Waals surface area contributed by atoms with Crippen LogP contribution in [0.1, 0.15) is 38.8 Å². The fourth-order valence-electron chi connectivity index (χ4n) is 1.96. The molecule has 2 rings (SSSR count). The van der Waals surface area contributed by atoms with Crippen molar-refractivity contribution >= 4 is 15.9 Å². The quantitative estimate of drug-likeness (QED) is 0.792. The number of aromatic nitrogens is 3. The van der Waals surface area contributed by atoms with Crippen LogP contribution in [0.25, 0.3) is 5.69 Å². The summed E-state index contributed by atoms with van der Waals surface area (Å²) in [6, 6.07) is 10.3. The van der Waals surface area contributed by atoms with Crippen molar-refractivity contribution in [3.05, 3.63) is 42.0 Å². The zero-order valence-electron chi connectivity index (χ0n) is 11.7. The zero-order valence-corrected chi connectivity index (χ0v) is 13.3.